The first-order valence-corrected chi connectivity index (χ1v) is 6.19. The van der Waals surface area contributed by atoms with Gasteiger partial charge >= 0.3 is 12.1 Å². The summed E-state index contributed by atoms with van der Waals surface area (Å²) in [5.74, 6) is -3.46. The van der Waals surface area contributed by atoms with Gasteiger partial charge in [-0.1, -0.05) is 6.85 Å². The maximum Gasteiger partial charge on any atom is 0.408 e. The molecule has 0 heterocycles. The molecule has 0 aromatic carbocycles. The minimum absolute atomic E-state index is 0.934. The highest BCUT2D eigenvalue weighted by molar-refractivity contribution is 5.82. The van der Waals surface area contributed by atoms with Crippen LogP contribution in [0.2, 0.25) is 0 Å². The molecule has 2 N–H and O–H groups in total. The van der Waals surface area contributed by atoms with E-state index in [1.165, 1.54) is 20.8 Å². The quantitative estimate of drug-likeness (QED) is 0.773. The fraction of sp³-hybridized carbons (Fsp3) is 0.857. The van der Waals surface area contributed by atoms with Crippen molar-refractivity contribution in [2.45, 2.75) is 65.6 Å². The molecule has 0 unspecified atom stereocenters. The Labute approximate surface area is 127 Å². The lowest BCUT2D eigenvalue weighted by molar-refractivity contribution is -0.159. The van der Waals surface area contributed by atoms with Gasteiger partial charge in [0, 0.05) is 16.6 Å². The van der Waals surface area contributed by atoms with E-state index in [2.05, 4.69) is 0 Å². The van der Waals surface area contributed by atoms with Gasteiger partial charge < -0.3 is 19.9 Å². The second kappa shape index (κ2) is 6.92. The van der Waals surface area contributed by atoms with Gasteiger partial charge in [-0.3, -0.25) is 0 Å². The number of esters is 1. The van der Waals surface area contributed by atoms with E-state index >= 15 is 0 Å². The summed E-state index contributed by atoms with van der Waals surface area (Å²) in [4.78, 5) is 24.3. The number of alkyl carbamates (subject to hydrolysis) is 1. The van der Waals surface area contributed by atoms with Crippen LogP contribution in [0.1, 0.15) is 55.2 Å². The largest absolute Gasteiger partial charge is 0.458 e. The van der Waals surface area contributed by atoms with E-state index in [4.69, 9.17) is 16.3 Å². The number of ether oxygens (including phenoxy) is 2. The van der Waals surface area contributed by atoms with E-state index in [1.807, 2.05) is 5.32 Å². The number of carbonyl (C=O) groups excluding carboxylic acids is 2. The van der Waals surface area contributed by atoms with E-state index in [-0.39, 0.29) is 0 Å². The van der Waals surface area contributed by atoms with Crippen molar-refractivity contribution in [2.75, 3.05) is 6.56 Å². The molecule has 0 radical (unpaired) electrons. The van der Waals surface area contributed by atoms with Crippen LogP contribution in [-0.4, -0.2) is 41.0 Å². The number of nitrogens with one attached hydrogen (secondary N) is 1. The number of rotatable bonds is 4. The van der Waals surface area contributed by atoms with Crippen molar-refractivity contribution in [2.24, 2.45) is 5.92 Å². The lowest BCUT2D eigenvalue weighted by Crippen LogP contribution is -2.50. The standard InChI is InChI=1S/C14H27NO5/c1-9(8-16)10(11(17)19-13(2,3)4)15-12(18)20-14(5,6)7/h9-10,16H,8H2,1-7H3,(H,15,18)/t9-,10-/m0/s1/i1D3,8D2. The van der Waals surface area contributed by atoms with Gasteiger partial charge in [0.2, 0.25) is 0 Å². The van der Waals surface area contributed by atoms with Crippen LogP contribution >= 0.6 is 0 Å². The van der Waals surface area contributed by atoms with Crippen LogP contribution in [0.3, 0.4) is 0 Å². The fourth-order valence-electron chi connectivity index (χ4n) is 1.15. The minimum Gasteiger partial charge on any atom is -0.458 e. The Bertz CT molecular complexity index is 474. The number of aliphatic hydroxyl groups is 1. The highest BCUT2D eigenvalue weighted by Gasteiger charge is 2.32. The van der Waals surface area contributed by atoms with Crippen molar-refractivity contribution in [1.82, 2.24) is 5.32 Å². The van der Waals surface area contributed by atoms with Gasteiger partial charge in [-0.15, -0.1) is 0 Å². The molecule has 0 aromatic rings. The Morgan fingerprint density at radius 3 is 2.05 bits per heavy atom. The van der Waals surface area contributed by atoms with Crippen LogP contribution in [0.4, 0.5) is 4.79 Å². The summed E-state index contributed by atoms with van der Waals surface area (Å²) in [6.07, 6.45) is -1.14. The van der Waals surface area contributed by atoms with E-state index in [9.17, 15) is 14.7 Å². The zero-order chi connectivity index (χ0) is 20.4. The summed E-state index contributed by atoms with van der Waals surface area (Å²) in [6.45, 7) is 2.84. The maximum absolute atomic E-state index is 12.4. The molecule has 0 spiro atoms. The van der Waals surface area contributed by atoms with Crippen molar-refractivity contribution in [3.8, 4) is 0 Å². The Morgan fingerprint density at radius 2 is 1.70 bits per heavy atom. The van der Waals surface area contributed by atoms with Gasteiger partial charge in [0.05, 0.1) is 2.74 Å². The first kappa shape index (κ1) is 11.4. The number of hydrogen-bond acceptors (Lipinski definition) is 5. The van der Waals surface area contributed by atoms with Crippen molar-refractivity contribution >= 4 is 12.1 Å². The number of carbonyl (C=O) groups is 2. The molecule has 20 heavy (non-hydrogen) atoms. The summed E-state index contributed by atoms with van der Waals surface area (Å²) in [5.41, 5.74) is -1.96. The zero-order valence-electron chi connectivity index (χ0n) is 17.7. The number of amides is 1. The van der Waals surface area contributed by atoms with Crippen molar-refractivity contribution in [3.05, 3.63) is 0 Å². The van der Waals surface area contributed by atoms with Gasteiger partial charge in [-0.25, -0.2) is 9.59 Å². The smallest absolute Gasteiger partial charge is 0.408 e. The fourth-order valence-corrected chi connectivity index (χ4v) is 1.15. The summed E-state index contributed by atoms with van der Waals surface area (Å²) in [7, 11) is 0. The lowest BCUT2D eigenvalue weighted by Gasteiger charge is -2.28. The molecule has 6 nitrogen and oxygen atoms in total. The third-order valence-corrected chi connectivity index (χ3v) is 1.81. The molecule has 0 saturated heterocycles. The molecule has 0 fully saturated rings. The molecule has 0 saturated carbocycles. The number of hydrogen-bond donors (Lipinski definition) is 2. The summed E-state index contributed by atoms with van der Waals surface area (Å²) in [6, 6.07) is -1.98. The molecule has 118 valence electrons. The Kier molecular flexibility index (Phi) is 3.94. The van der Waals surface area contributed by atoms with Crippen molar-refractivity contribution in [3.63, 3.8) is 0 Å². The Hall–Kier alpha value is -1.30. The molecule has 0 bridgehead atoms. The van der Waals surface area contributed by atoms with Crippen LogP contribution in [0.25, 0.3) is 0 Å². The molecule has 0 rings (SSSR count). The van der Waals surface area contributed by atoms with Gasteiger partial charge in [0.25, 0.3) is 0 Å². The Balaban J connectivity index is 5.80. The second-order valence-electron chi connectivity index (χ2n) is 6.26. The zero-order valence-corrected chi connectivity index (χ0v) is 12.7. The molecule has 0 aliphatic rings. The van der Waals surface area contributed by atoms with E-state index in [0.29, 0.717) is 0 Å². The molecule has 6 heteroatoms. The van der Waals surface area contributed by atoms with Crippen LogP contribution in [0, 0.1) is 5.92 Å². The van der Waals surface area contributed by atoms with Crippen LogP contribution in [0.5, 0.6) is 0 Å². The maximum atomic E-state index is 12.4. The molecular weight excluding hydrogens is 262 g/mol. The molecule has 1 amide bonds. The molecule has 0 aliphatic heterocycles. The van der Waals surface area contributed by atoms with Gasteiger partial charge in [0.1, 0.15) is 17.2 Å². The summed E-state index contributed by atoms with van der Waals surface area (Å²) >= 11 is 0. The third-order valence-electron chi connectivity index (χ3n) is 1.81. The minimum atomic E-state index is -3.29. The van der Waals surface area contributed by atoms with Crippen LogP contribution in [0.15, 0.2) is 0 Å². The topological polar surface area (TPSA) is 84.9 Å². The third kappa shape index (κ3) is 7.99. The van der Waals surface area contributed by atoms with Gasteiger partial charge in [0.15, 0.2) is 0 Å². The van der Waals surface area contributed by atoms with E-state index in [0.717, 1.165) is 0 Å². The predicted molar refractivity (Wildman–Crippen MR) is 75.3 cm³/mol. The summed E-state index contributed by atoms with van der Waals surface area (Å²) in [5, 5.41) is 11.7. The van der Waals surface area contributed by atoms with E-state index in [1.54, 1.807) is 20.8 Å². The monoisotopic (exact) mass is 294 g/mol. The molecule has 2 atom stereocenters. The molecular formula is C14H27NO5. The normalized spacial score (nSPS) is 20.2. The van der Waals surface area contributed by atoms with Gasteiger partial charge in [-0.05, 0) is 41.5 Å². The first-order chi connectivity index (χ1) is 10.7. The SMILES string of the molecule is [2H]C([2H])([2H])[C@H]([C@H](NC(=O)OC(C)(C)C)C(=O)OC(C)(C)C)C([2H])([2H])O. The van der Waals surface area contributed by atoms with Crippen LogP contribution in [-0.2, 0) is 14.3 Å². The highest BCUT2D eigenvalue weighted by Crippen LogP contribution is 2.14. The van der Waals surface area contributed by atoms with Crippen molar-refractivity contribution in [1.29, 1.82) is 0 Å². The molecule has 0 aromatic heterocycles. The van der Waals surface area contributed by atoms with E-state index < -0.39 is 48.6 Å². The highest BCUT2D eigenvalue weighted by atomic mass is 16.6. The van der Waals surface area contributed by atoms with Crippen molar-refractivity contribution < 1.29 is 31.0 Å². The Morgan fingerprint density at radius 1 is 1.20 bits per heavy atom. The second-order valence-corrected chi connectivity index (χ2v) is 6.26. The summed E-state index contributed by atoms with van der Waals surface area (Å²) < 4.78 is 47.2. The predicted octanol–water partition coefficient (Wildman–Crippen LogP) is 1.85. The van der Waals surface area contributed by atoms with Gasteiger partial charge in [-0.2, -0.15) is 0 Å². The molecule has 0 aliphatic carbocycles. The first-order valence-electron chi connectivity index (χ1n) is 8.69. The average Bonchev–Trinajstić information content (AvgIpc) is 2.18. The lowest BCUT2D eigenvalue weighted by atomic mass is 10.0. The van der Waals surface area contributed by atoms with Crippen LogP contribution < -0.4 is 5.32 Å². The average molecular weight is 294 g/mol.